The van der Waals surface area contributed by atoms with Gasteiger partial charge in [-0.25, -0.2) is 9.37 Å². The number of hydrogen-bond donors (Lipinski definition) is 0. The number of benzene rings is 1. The molecule has 0 amide bonds. The summed E-state index contributed by atoms with van der Waals surface area (Å²) in [5, 5.41) is 0.658. The van der Waals surface area contributed by atoms with Crippen LogP contribution < -0.4 is 4.90 Å². The minimum Gasteiger partial charge on any atom is -0.350 e. The Kier molecular flexibility index (Phi) is 4.84. The highest BCUT2D eigenvalue weighted by Gasteiger charge is 2.18. The van der Waals surface area contributed by atoms with Gasteiger partial charge in [0, 0.05) is 23.8 Å². The van der Waals surface area contributed by atoms with E-state index in [0.29, 0.717) is 10.6 Å². The van der Waals surface area contributed by atoms with Crippen LogP contribution in [-0.2, 0) is 5.88 Å². The van der Waals surface area contributed by atoms with Crippen LogP contribution in [0.15, 0.2) is 36.5 Å². The highest BCUT2D eigenvalue weighted by atomic mass is 35.5. The van der Waals surface area contributed by atoms with E-state index in [9.17, 15) is 4.39 Å². The maximum absolute atomic E-state index is 14.3. The topological polar surface area (TPSA) is 16.1 Å². The maximum atomic E-state index is 14.3. The second-order valence-electron chi connectivity index (χ2n) is 4.58. The summed E-state index contributed by atoms with van der Waals surface area (Å²) in [5.41, 5.74) is 1.44. The smallest absolute Gasteiger partial charge is 0.170 e. The molecule has 1 unspecified atom stereocenters. The molecule has 0 aliphatic heterocycles. The van der Waals surface area contributed by atoms with Crippen molar-refractivity contribution in [2.45, 2.75) is 18.8 Å². The molecule has 0 fully saturated rings. The summed E-state index contributed by atoms with van der Waals surface area (Å²) in [6, 6.07) is 9.04. The molecule has 2 rings (SSSR count). The Labute approximate surface area is 128 Å². The van der Waals surface area contributed by atoms with Crippen molar-refractivity contribution in [2.75, 3.05) is 11.9 Å². The lowest BCUT2D eigenvalue weighted by Crippen LogP contribution is -2.24. The normalized spacial score (nSPS) is 12.2. The quantitative estimate of drug-likeness (QED) is 0.753. The molecule has 1 aromatic carbocycles. The van der Waals surface area contributed by atoms with Gasteiger partial charge >= 0.3 is 0 Å². The number of nitrogens with zero attached hydrogens (tertiary/aromatic N) is 2. The van der Waals surface area contributed by atoms with Gasteiger partial charge < -0.3 is 4.90 Å². The average Bonchev–Trinajstić information content (AvgIpc) is 2.46. The highest BCUT2D eigenvalue weighted by molar-refractivity contribution is 6.30. The average molecular weight is 313 g/mol. The van der Waals surface area contributed by atoms with E-state index in [4.69, 9.17) is 23.2 Å². The second-order valence-corrected chi connectivity index (χ2v) is 5.29. The molecule has 1 heterocycles. The zero-order valence-electron chi connectivity index (χ0n) is 11.3. The van der Waals surface area contributed by atoms with E-state index in [1.807, 2.05) is 31.2 Å². The van der Waals surface area contributed by atoms with Crippen molar-refractivity contribution >= 4 is 29.0 Å². The van der Waals surface area contributed by atoms with Crippen LogP contribution in [0.3, 0.4) is 0 Å². The Hall–Kier alpha value is -1.32. The highest BCUT2D eigenvalue weighted by Crippen LogP contribution is 2.28. The third kappa shape index (κ3) is 3.05. The molecule has 1 aromatic heterocycles. The molecule has 0 N–H and O–H groups in total. The number of pyridine rings is 1. The standard InChI is InChI=1S/C15H15Cl2FN2/c1-10(11-4-3-5-13(17)8-11)20(2)15-14(18)12(9-16)6-7-19-15/h3-8,10H,9H2,1-2H3. The molecule has 0 spiro atoms. The molecule has 2 aromatic rings. The SMILES string of the molecule is CC(c1cccc(Cl)c1)N(C)c1nccc(CCl)c1F. The van der Waals surface area contributed by atoms with Gasteiger partial charge in [0.1, 0.15) is 0 Å². The van der Waals surface area contributed by atoms with Crippen molar-refractivity contribution in [3.8, 4) is 0 Å². The molecule has 0 saturated heterocycles. The Morgan fingerprint density at radius 2 is 2.10 bits per heavy atom. The number of hydrogen-bond acceptors (Lipinski definition) is 2. The van der Waals surface area contributed by atoms with E-state index >= 15 is 0 Å². The van der Waals surface area contributed by atoms with Gasteiger partial charge in [0.2, 0.25) is 0 Å². The lowest BCUT2D eigenvalue weighted by atomic mass is 10.1. The van der Waals surface area contributed by atoms with E-state index < -0.39 is 0 Å². The van der Waals surface area contributed by atoms with Crippen molar-refractivity contribution in [1.82, 2.24) is 4.98 Å². The van der Waals surface area contributed by atoms with Gasteiger partial charge in [-0.05, 0) is 30.7 Å². The molecule has 0 aliphatic carbocycles. The van der Waals surface area contributed by atoms with Crippen molar-refractivity contribution in [3.63, 3.8) is 0 Å². The molecule has 2 nitrogen and oxygen atoms in total. The third-order valence-corrected chi connectivity index (χ3v) is 3.86. The lowest BCUT2D eigenvalue weighted by molar-refractivity contribution is 0.593. The molecular formula is C15H15Cl2FN2. The van der Waals surface area contributed by atoms with Crippen LogP contribution in [0, 0.1) is 5.82 Å². The molecule has 1 atom stereocenters. The van der Waals surface area contributed by atoms with Gasteiger partial charge in [-0.3, -0.25) is 0 Å². The van der Waals surface area contributed by atoms with E-state index in [-0.39, 0.29) is 23.6 Å². The first-order chi connectivity index (χ1) is 9.54. The van der Waals surface area contributed by atoms with E-state index in [0.717, 1.165) is 5.56 Å². The molecule has 5 heteroatoms. The van der Waals surface area contributed by atoms with E-state index in [2.05, 4.69) is 4.98 Å². The number of anilines is 1. The van der Waals surface area contributed by atoms with Gasteiger partial charge in [0.25, 0.3) is 0 Å². The first-order valence-electron chi connectivity index (χ1n) is 6.22. The lowest BCUT2D eigenvalue weighted by Gasteiger charge is -2.27. The van der Waals surface area contributed by atoms with Crippen molar-refractivity contribution in [2.24, 2.45) is 0 Å². The number of alkyl halides is 1. The summed E-state index contributed by atoms with van der Waals surface area (Å²) in [6.45, 7) is 1.97. The minimum atomic E-state index is -0.376. The fourth-order valence-corrected chi connectivity index (χ4v) is 2.40. The van der Waals surface area contributed by atoms with Gasteiger partial charge in [-0.15, -0.1) is 11.6 Å². The Morgan fingerprint density at radius 3 is 2.75 bits per heavy atom. The second kappa shape index (κ2) is 6.42. The summed E-state index contributed by atoms with van der Waals surface area (Å²) in [4.78, 5) is 5.89. The number of rotatable bonds is 4. The summed E-state index contributed by atoms with van der Waals surface area (Å²) in [7, 11) is 1.80. The molecule has 20 heavy (non-hydrogen) atoms. The molecular weight excluding hydrogens is 298 g/mol. The van der Waals surface area contributed by atoms with Crippen LogP contribution in [0.5, 0.6) is 0 Å². The van der Waals surface area contributed by atoms with Gasteiger partial charge in [-0.1, -0.05) is 23.7 Å². The zero-order valence-corrected chi connectivity index (χ0v) is 12.8. The predicted molar refractivity (Wildman–Crippen MR) is 82.0 cm³/mol. The molecule has 106 valence electrons. The Balaban J connectivity index is 2.33. The monoisotopic (exact) mass is 312 g/mol. The first kappa shape index (κ1) is 15.1. The molecule has 0 saturated carbocycles. The fourth-order valence-electron chi connectivity index (χ4n) is 1.99. The van der Waals surface area contributed by atoms with Crippen molar-refractivity contribution < 1.29 is 4.39 Å². The number of aromatic nitrogens is 1. The van der Waals surface area contributed by atoms with E-state index in [1.54, 1.807) is 24.2 Å². The molecule has 0 bridgehead atoms. The van der Waals surface area contributed by atoms with Crippen molar-refractivity contribution in [1.29, 1.82) is 0 Å². The summed E-state index contributed by atoms with van der Waals surface area (Å²) >= 11 is 11.7. The van der Waals surface area contributed by atoms with Crippen LogP contribution in [0.4, 0.5) is 10.2 Å². The molecule has 0 radical (unpaired) electrons. The molecule has 0 aliphatic rings. The van der Waals surface area contributed by atoms with Crippen LogP contribution in [0.25, 0.3) is 0 Å². The van der Waals surface area contributed by atoms with Crippen LogP contribution >= 0.6 is 23.2 Å². The Bertz CT molecular complexity index is 604. The van der Waals surface area contributed by atoms with Crippen LogP contribution in [0.2, 0.25) is 5.02 Å². The summed E-state index contributed by atoms with van der Waals surface area (Å²) in [6.07, 6.45) is 1.57. The fraction of sp³-hybridized carbons (Fsp3) is 0.267. The Morgan fingerprint density at radius 1 is 1.35 bits per heavy atom. The predicted octanol–water partition coefficient (Wildman–Crippen LogP) is 4.81. The van der Waals surface area contributed by atoms with Gasteiger partial charge in [0.05, 0.1) is 11.9 Å². The summed E-state index contributed by atoms with van der Waals surface area (Å²) in [5.74, 6) is 0.0373. The van der Waals surface area contributed by atoms with Gasteiger partial charge in [-0.2, -0.15) is 0 Å². The largest absolute Gasteiger partial charge is 0.350 e. The zero-order chi connectivity index (χ0) is 14.7. The van der Waals surface area contributed by atoms with Crippen molar-refractivity contribution in [3.05, 3.63) is 58.5 Å². The first-order valence-corrected chi connectivity index (χ1v) is 7.13. The minimum absolute atomic E-state index is 0.0544. The summed E-state index contributed by atoms with van der Waals surface area (Å²) < 4.78 is 14.3. The number of halogens is 3. The van der Waals surface area contributed by atoms with Gasteiger partial charge in [0.15, 0.2) is 11.6 Å². The van der Waals surface area contributed by atoms with Crippen LogP contribution in [0.1, 0.15) is 24.1 Å². The van der Waals surface area contributed by atoms with E-state index in [1.165, 1.54) is 0 Å². The maximum Gasteiger partial charge on any atom is 0.170 e. The van der Waals surface area contributed by atoms with Crippen LogP contribution in [-0.4, -0.2) is 12.0 Å². The third-order valence-electron chi connectivity index (χ3n) is 3.34.